The molecule has 0 radical (unpaired) electrons. The Labute approximate surface area is 208 Å². The van der Waals surface area contributed by atoms with Gasteiger partial charge in [0.05, 0.1) is 35.3 Å². The van der Waals surface area contributed by atoms with E-state index in [1.54, 1.807) is 30.9 Å². The molecule has 182 valence electrons. The maximum absolute atomic E-state index is 11.9. The molecule has 0 aliphatic rings. The summed E-state index contributed by atoms with van der Waals surface area (Å²) in [6, 6.07) is 9.82. The molecule has 0 saturated heterocycles. The summed E-state index contributed by atoms with van der Waals surface area (Å²) in [5.74, 6) is -0.694. The number of aromatic amines is 1. The highest BCUT2D eigenvalue weighted by molar-refractivity contribution is 6.04. The van der Waals surface area contributed by atoms with Gasteiger partial charge >= 0.3 is 6.01 Å². The quantitative estimate of drug-likeness (QED) is 0.245. The van der Waals surface area contributed by atoms with E-state index in [1.807, 2.05) is 44.2 Å². The molecule has 0 bridgehead atoms. The molecular weight excluding hydrogens is 454 g/mol. The summed E-state index contributed by atoms with van der Waals surface area (Å²) < 4.78 is 5.78. The number of hydrogen-bond donors (Lipinski definition) is 3. The van der Waals surface area contributed by atoms with Crippen LogP contribution in [0.15, 0.2) is 79.0 Å². The van der Waals surface area contributed by atoms with Gasteiger partial charge in [-0.1, -0.05) is 12.6 Å². The molecule has 9 heteroatoms. The average Bonchev–Trinajstić information content (AvgIpc) is 3.36. The van der Waals surface area contributed by atoms with Crippen LogP contribution in [0.1, 0.15) is 29.3 Å². The number of aryl methyl sites for hydroxylation is 1. The molecular formula is C27H27N7O2. The third kappa shape index (κ3) is 5.30. The zero-order chi connectivity index (χ0) is 25.7. The van der Waals surface area contributed by atoms with Crippen molar-refractivity contribution in [3.63, 3.8) is 0 Å². The van der Waals surface area contributed by atoms with Crippen molar-refractivity contribution in [3.05, 3.63) is 101 Å². The zero-order valence-corrected chi connectivity index (χ0v) is 20.2. The number of nitrogens with one attached hydrogen (secondary N) is 1. The van der Waals surface area contributed by atoms with Crippen molar-refractivity contribution in [2.45, 2.75) is 20.3 Å². The third-order valence-electron chi connectivity index (χ3n) is 5.78. The van der Waals surface area contributed by atoms with Gasteiger partial charge in [-0.2, -0.15) is 10.1 Å². The van der Waals surface area contributed by atoms with Crippen LogP contribution in [0.4, 0.5) is 0 Å². The highest BCUT2D eigenvalue weighted by Gasteiger charge is 2.17. The van der Waals surface area contributed by atoms with Gasteiger partial charge in [0.1, 0.15) is 0 Å². The van der Waals surface area contributed by atoms with E-state index in [-0.39, 0.29) is 17.3 Å². The number of pyridine rings is 1. The first-order valence-electron chi connectivity index (χ1n) is 11.3. The van der Waals surface area contributed by atoms with Crippen LogP contribution in [0.2, 0.25) is 0 Å². The molecule has 1 amide bonds. The van der Waals surface area contributed by atoms with E-state index in [9.17, 15) is 4.79 Å². The van der Waals surface area contributed by atoms with Crippen LogP contribution >= 0.6 is 0 Å². The van der Waals surface area contributed by atoms with Gasteiger partial charge in [0.15, 0.2) is 0 Å². The van der Waals surface area contributed by atoms with Crippen LogP contribution in [-0.2, 0) is 11.2 Å². The molecule has 0 saturated carbocycles. The summed E-state index contributed by atoms with van der Waals surface area (Å²) >= 11 is 0. The van der Waals surface area contributed by atoms with Crippen molar-refractivity contribution < 1.29 is 9.53 Å². The number of carbonyl (C=O) groups excluding carboxylic acids is 1. The van der Waals surface area contributed by atoms with Gasteiger partial charge in [-0.3, -0.25) is 14.9 Å². The summed E-state index contributed by atoms with van der Waals surface area (Å²) in [5, 5.41) is 7.99. The number of fused-ring (bicyclic) bond motifs is 1. The number of benzene rings is 1. The van der Waals surface area contributed by atoms with Crippen molar-refractivity contribution in [1.29, 1.82) is 0 Å². The minimum atomic E-state index is -0.694. The van der Waals surface area contributed by atoms with Crippen molar-refractivity contribution in [3.8, 4) is 6.01 Å². The lowest BCUT2D eigenvalue weighted by molar-refractivity contribution is -0.114. The molecule has 0 unspecified atom stereocenters. The van der Waals surface area contributed by atoms with E-state index >= 15 is 0 Å². The number of rotatable bonds is 9. The normalized spacial score (nSPS) is 12.3. The van der Waals surface area contributed by atoms with E-state index in [0.717, 1.165) is 33.2 Å². The molecule has 3 aromatic heterocycles. The van der Waals surface area contributed by atoms with Gasteiger partial charge in [-0.25, -0.2) is 4.98 Å². The predicted octanol–water partition coefficient (Wildman–Crippen LogP) is 3.49. The summed E-state index contributed by atoms with van der Waals surface area (Å²) in [5.41, 5.74) is 17.9. The maximum Gasteiger partial charge on any atom is 0.316 e. The third-order valence-corrected chi connectivity index (χ3v) is 5.78. The average molecular weight is 482 g/mol. The molecule has 3 heterocycles. The van der Waals surface area contributed by atoms with Crippen molar-refractivity contribution >= 4 is 28.0 Å². The molecule has 0 aliphatic heterocycles. The lowest BCUT2D eigenvalue weighted by Crippen LogP contribution is -2.19. The lowest BCUT2D eigenvalue weighted by atomic mass is 9.91. The Morgan fingerprint density at radius 3 is 2.67 bits per heavy atom. The maximum atomic E-state index is 11.9. The van der Waals surface area contributed by atoms with E-state index in [4.69, 9.17) is 16.2 Å². The minimum absolute atomic E-state index is 0.0248. The first-order chi connectivity index (χ1) is 17.3. The Morgan fingerprint density at radius 2 is 1.92 bits per heavy atom. The lowest BCUT2D eigenvalue weighted by Gasteiger charge is -2.15. The number of H-pyrrole nitrogens is 1. The van der Waals surface area contributed by atoms with Gasteiger partial charge in [0.2, 0.25) is 5.91 Å². The number of amides is 1. The van der Waals surface area contributed by atoms with Gasteiger partial charge < -0.3 is 16.2 Å². The van der Waals surface area contributed by atoms with Crippen molar-refractivity contribution in [2.24, 2.45) is 11.5 Å². The molecule has 36 heavy (non-hydrogen) atoms. The van der Waals surface area contributed by atoms with Crippen LogP contribution in [-0.4, -0.2) is 37.7 Å². The minimum Gasteiger partial charge on any atom is -0.463 e. The Morgan fingerprint density at radius 1 is 1.14 bits per heavy atom. The highest BCUT2D eigenvalue weighted by atomic mass is 16.5. The Hall–Kier alpha value is -4.79. The van der Waals surface area contributed by atoms with E-state index in [1.165, 1.54) is 0 Å². The topological polar surface area (TPSA) is 146 Å². The first kappa shape index (κ1) is 24.3. The smallest absolute Gasteiger partial charge is 0.316 e. The number of aromatic nitrogens is 5. The van der Waals surface area contributed by atoms with Gasteiger partial charge in [0, 0.05) is 36.0 Å². The molecule has 9 nitrogen and oxygen atoms in total. The van der Waals surface area contributed by atoms with Gasteiger partial charge in [-0.15, -0.1) is 0 Å². The molecule has 5 N–H and O–H groups in total. The largest absolute Gasteiger partial charge is 0.463 e. The van der Waals surface area contributed by atoms with Crippen LogP contribution < -0.4 is 16.2 Å². The Kier molecular flexibility index (Phi) is 7.20. The molecule has 0 aliphatic carbocycles. The van der Waals surface area contributed by atoms with Crippen LogP contribution in [0.25, 0.3) is 22.0 Å². The standard InChI is InChI=1S/C27H27N7O2/c1-16-4-5-23-21(15-32-34-23)24(16)20(25(28)18(3)26(29)35)14-17(2)22-8-12-31-27(33-22)36-13-9-19-6-10-30-11-7-19/h4-8,10-12,14-15H,3,9,13,28H2,1-2H3,(H2,29,35)(H,32,34)/b17-14+,25-20-. The van der Waals surface area contributed by atoms with Crippen LogP contribution in [0, 0.1) is 6.92 Å². The molecule has 0 fully saturated rings. The highest BCUT2D eigenvalue weighted by Crippen LogP contribution is 2.33. The fourth-order valence-corrected chi connectivity index (χ4v) is 3.79. The second-order valence-electron chi connectivity index (χ2n) is 8.26. The molecule has 4 aromatic rings. The number of carbonyl (C=O) groups is 1. The first-order valence-corrected chi connectivity index (χ1v) is 11.3. The van der Waals surface area contributed by atoms with E-state index in [2.05, 4.69) is 31.7 Å². The number of hydrogen-bond acceptors (Lipinski definition) is 7. The second kappa shape index (κ2) is 10.6. The molecule has 4 rings (SSSR count). The predicted molar refractivity (Wildman–Crippen MR) is 139 cm³/mol. The number of primary amides is 1. The Balaban J connectivity index is 1.69. The van der Waals surface area contributed by atoms with E-state index < -0.39 is 5.91 Å². The van der Waals surface area contributed by atoms with Gasteiger partial charge in [0.25, 0.3) is 0 Å². The summed E-state index contributed by atoms with van der Waals surface area (Å²) in [7, 11) is 0. The summed E-state index contributed by atoms with van der Waals surface area (Å²) in [6.45, 7) is 8.08. The van der Waals surface area contributed by atoms with Crippen molar-refractivity contribution in [2.75, 3.05) is 6.61 Å². The van der Waals surface area contributed by atoms with Crippen molar-refractivity contribution in [1.82, 2.24) is 25.1 Å². The molecule has 1 aromatic carbocycles. The van der Waals surface area contributed by atoms with E-state index in [0.29, 0.717) is 24.3 Å². The fraction of sp³-hybridized carbons (Fsp3) is 0.148. The summed E-state index contributed by atoms with van der Waals surface area (Å²) in [4.78, 5) is 24.7. The zero-order valence-electron chi connectivity index (χ0n) is 20.2. The molecule has 0 spiro atoms. The Bertz CT molecular complexity index is 1490. The fourth-order valence-electron chi connectivity index (χ4n) is 3.79. The van der Waals surface area contributed by atoms with Crippen LogP contribution in [0.3, 0.4) is 0 Å². The second-order valence-corrected chi connectivity index (χ2v) is 8.26. The number of ether oxygens (including phenoxy) is 1. The molecule has 0 atom stereocenters. The van der Waals surface area contributed by atoms with Gasteiger partial charge in [-0.05, 0) is 66.5 Å². The number of nitrogens with zero attached hydrogens (tertiary/aromatic N) is 4. The number of nitrogens with two attached hydrogens (primary N) is 2. The van der Waals surface area contributed by atoms with Crippen LogP contribution in [0.5, 0.6) is 6.01 Å². The SMILES string of the molecule is C=C(C(N)=O)/C(N)=C(\C=C(/C)c1ccnc(OCCc2ccncc2)n1)c1c(C)ccc2[nH]ncc12. The monoisotopic (exact) mass is 481 g/mol. The summed E-state index contributed by atoms with van der Waals surface area (Å²) in [6.07, 6.45) is 9.42. The number of allylic oxidation sites excluding steroid dienone is 3.